The van der Waals surface area contributed by atoms with Crippen LogP contribution in [0.5, 0.6) is 0 Å². The van der Waals surface area contributed by atoms with Gasteiger partial charge in [0.25, 0.3) is 0 Å². The molecule has 2 N–H and O–H groups in total. The maximum Gasteiger partial charge on any atom is 0.223 e. The molecule has 5 rings (SSSR count). The second-order valence-electron chi connectivity index (χ2n) is 7.51. The molecule has 1 aliphatic heterocycles. The van der Waals surface area contributed by atoms with Crippen LogP contribution in [0.25, 0.3) is 22.6 Å². The number of rotatable bonds is 5. The van der Waals surface area contributed by atoms with Crippen LogP contribution < -0.4 is 5.32 Å². The fourth-order valence-electron chi connectivity index (χ4n) is 4.00. The number of aromatic nitrogens is 4. The molecule has 1 fully saturated rings. The van der Waals surface area contributed by atoms with Crippen LogP contribution in [0.1, 0.15) is 37.5 Å². The van der Waals surface area contributed by atoms with Gasteiger partial charge in [0.05, 0.1) is 29.7 Å². The van der Waals surface area contributed by atoms with Gasteiger partial charge in [-0.2, -0.15) is 0 Å². The van der Waals surface area contributed by atoms with Gasteiger partial charge in [-0.05, 0) is 56.0 Å². The number of aliphatic hydroxyl groups excluding tert-OH is 1. The van der Waals surface area contributed by atoms with E-state index in [9.17, 15) is 9.50 Å². The highest BCUT2D eigenvalue weighted by Gasteiger charge is 2.30. The molecule has 3 aromatic rings. The van der Waals surface area contributed by atoms with Crippen LogP contribution >= 0.6 is 0 Å². The number of nitrogens with zero attached hydrogens (tertiary/aromatic N) is 4. The SMILES string of the molecule is OCC1CCc2nc(-c3ccc(F)cc3)c(-c3ccnc(NC4CCC4)n3)n21. The van der Waals surface area contributed by atoms with Gasteiger partial charge in [-0.15, -0.1) is 0 Å². The number of imidazole rings is 1. The van der Waals surface area contributed by atoms with E-state index in [1.165, 1.54) is 18.6 Å². The quantitative estimate of drug-likeness (QED) is 0.709. The van der Waals surface area contributed by atoms with E-state index < -0.39 is 0 Å². The molecule has 0 radical (unpaired) electrons. The molecule has 3 heterocycles. The van der Waals surface area contributed by atoms with Gasteiger partial charge < -0.3 is 15.0 Å². The van der Waals surface area contributed by atoms with Gasteiger partial charge in [0.2, 0.25) is 5.95 Å². The summed E-state index contributed by atoms with van der Waals surface area (Å²) in [6, 6.07) is 8.64. The Balaban J connectivity index is 1.63. The summed E-state index contributed by atoms with van der Waals surface area (Å²) < 4.78 is 15.5. The minimum Gasteiger partial charge on any atom is -0.394 e. The Bertz CT molecular complexity index is 997. The largest absolute Gasteiger partial charge is 0.394 e. The molecule has 7 heteroatoms. The number of fused-ring (bicyclic) bond motifs is 1. The summed E-state index contributed by atoms with van der Waals surface area (Å²) in [5, 5.41) is 13.3. The number of hydrogen-bond acceptors (Lipinski definition) is 5. The van der Waals surface area contributed by atoms with Gasteiger partial charge >= 0.3 is 0 Å². The van der Waals surface area contributed by atoms with E-state index in [1.807, 2.05) is 6.07 Å². The summed E-state index contributed by atoms with van der Waals surface area (Å²) in [7, 11) is 0. The molecule has 0 saturated heterocycles. The molecular formula is C21H22FN5O. The van der Waals surface area contributed by atoms with Crippen LogP contribution in [0.4, 0.5) is 10.3 Å². The first-order valence-corrected chi connectivity index (χ1v) is 9.81. The number of nitrogens with one attached hydrogen (secondary N) is 1. The molecule has 1 saturated carbocycles. The topological polar surface area (TPSA) is 75.9 Å². The van der Waals surface area contributed by atoms with Crippen LogP contribution in [0.2, 0.25) is 0 Å². The third-order valence-corrected chi connectivity index (χ3v) is 5.72. The summed E-state index contributed by atoms with van der Waals surface area (Å²) in [5.41, 5.74) is 3.22. The Hall–Kier alpha value is -2.80. The second-order valence-corrected chi connectivity index (χ2v) is 7.51. The molecule has 2 aliphatic rings. The number of benzene rings is 1. The standard InChI is InChI=1S/C21H22FN5O/c22-14-6-4-13(5-7-14)19-20(27-16(12-28)8-9-18(27)26-19)17-10-11-23-21(25-17)24-15-2-1-3-15/h4-7,10-11,15-16,28H,1-3,8-9,12H2,(H,23,24,25). The lowest BCUT2D eigenvalue weighted by atomic mass is 9.93. The summed E-state index contributed by atoms with van der Waals surface area (Å²) >= 11 is 0. The van der Waals surface area contributed by atoms with Crippen molar-refractivity contribution in [3.8, 4) is 22.6 Å². The molecule has 0 bridgehead atoms. The van der Waals surface area contributed by atoms with Crippen molar-refractivity contribution in [2.45, 2.75) is 44.2 Å². The van der Waals surface area contributed by atoms with Crippen molar-refractivity contribution < 1.29 is 9.50 Å². The molecule has 28 heavy (non-hydrogen) atoms. The Morgan fingerprint density at radius 2 is 1.93 bits per heavy atom. The molecule has 1 unspecified atom stereocenters. The lowest BCUT2D eigenvalue weighted by molar-refractivity contribution is 0.234. The van der Waals surface area contributed by atoms with E-state index in [0.29, 0.717) is 12.0 Å². The van der Waals surface area contributed by atoms with Gasteiger partial charge in [-0.1, -0.05) is 0 Å². The van der Waals surface area contributed by atoms with E-state index in [2.05, 4.69) is 14.9 Å². The number of anilines is 1. The van der Waals surface area contributed by atoms with Crippen molar-refractivity contribution in [3.05, 3.63) is 48.2 Å². The maximum absolute atomic E-state index is 13.4. The van der Waals surface area contributed by atoms with Crippen LogP contribution in [0.3, 0.4) is 0 Å². The Labute approximate surface area is 162 Å². The lowest BCUT2D eigenvalue weighted by Gasteiger charge is -2.26. The monoisotopic (exact) mass is 379 g/mol. The lowest BCUT2D eigenvalue weighted by Crippen LogP contribution is -2.28. The summed E-state index contributed by atoms with van der Waals surface area (Å²) in [6.45, 7) is 0.0531. The van der Waals surface area contributed by atoms with Crippen molar-refractivity contribution in [2.24, 2.45) is 0 Å². The molecule has 6 nitrogen and oxygen atoms in total. The predicted octanol–water partition coefficient (Wildman–Crippen LogP) is 3.59. The number of hydrogen-bond donors (Lipinski definition) is 2. The number of aryl methyl sites for hydroxylation is 1. The number of aliphatic hydroxyl groups is 1. The van der Waals surface area contributed by atoms with Gasteiger partial charge in [-0.3, -0.25) is 0 Å². The van der Waals surface area contributed by atoms with E-state index in [-0.39, 0.29) is 18.5 Å². The van der Waals surface area contributed by atoms with E-state index in [0.717, 1.165) is 54.2 Å². The van der Waals surface area contributed by atoms with Gasteiger partial charge in [0.1, 0.15) is 11.6 Å². The fraction of sp³-hybridized carbons (Fsp3) is 0.381. The highest BCUT2D eigenvalue weighted by Crippen LogP contribution is 2.39. The van der Waals surface area contributed by atoms with Gasteiger partial charge in [0, 0.05) is 24.2 Å². The Morgan fingerprint density at radius 1 is 1.11 bits per heavy atom. The molecular weight excluding hydrogens is 357 g/mol. The third kappa shape index (κ3) is 2.96. The maximum atomic E-state index is 13.4. The van der Waals surface area contributed by atoms with E-state index in [4.69, 9.17) is 9.97 Å². The molecule has 0 amide bonds. The zero-order valence-electron chi connectivity index (χ0n) is 15.5. The zero-order chi connectivity index (χ0) is 19.1. The summed E-state index contributed by atoms with van der Waals surface area (Å²) in [5.74, 6) is 1.26. The smallest absolute Gasteiger partial charge is 0.223 e. The van der Waals surface area contributed by atoms with Gasteiger partial charge in [-0.25, -0.2) is 19.3 Å². The first-order valence-electron chi connectivity index (χ1n) is 9.81. The van der Waals surface area contributed by atoms with Crippen molar-refractivity contribution in [3.63, 3.8) is 0 Å². The van der Waals surface area contributed by atoms with Crippen molar-refractivity contribution >= 4 is 5.95 Å². The first kappa shape index (κ1) is 17.3. The van der Waals surface area contributed by atoms with Gasteiger partial charge in [0.15, 0.2) is 0 Å². The highest BCUT2D eigenvalue weighted by atomic mass is 19.1. The molecule has 144 valence electrons. The van der Waals surface area contributed by atoms with Crippen molar-refractivity contribution in [1.82, 2.24) is 19.5 Å². The van der Waals surface area contributed by atoms with Crippen LogP contribution in [-0.2, 0) is 6.42 Å². The summed E-state index contributed by atoms with van der Waals surface area (Å²) in [6.07, 6.45) is 6.93. The van der Waals surface area contributed by atoms with E-state index in [1.54, 1.807) is 18.3 Å². The normalized spacial score (nSPS) is 18.7. The third-order valence-electron chi connectivity index (χ3n) is 5.72. The average Bonchev–Trinajstić information content (AvgIpc) is 3.24. The minimum atomic E-state index is -0.278. The van der Waals surface area contributed by atoms with Crippen molar-refractivity contribution in [2.75, 3.05) is 11.9 Å². The Morgan fingerprint density at radius 3 is 2.64 bits per heavy atom. The zero-order valence-corrected chi connectivity index (χ0v) is 15.5. The second kappa shape index (κ2) is 6.98. The average molecular weight is 379 g/mol. The molecule has 1 aromatic carbocycles. The Kier molecular flexibility index (Phi) is 4.31. The molecule has 2 aromatic heterocycles. The van der Waals surface area contributed by atoms with E-state index >= 15 is 0 Å². The summed E-state index contributed by atoms with van der Waals surface area (Å²) in [4.78, 5) is 13.9. The molecule has 1 atom stereocenters. The van der Waals surface area contributed by atoms with Crippen LogP contribution in [-0.4, -0.2) is 37.3 Å². The van der Waals surface area contributed by atoms with Crippen molar-refractivity contribution in [1.29, 1.82) is 0 Å². The highest BCUT2D eigenvalue weighted by molar-refractivity contribution is 5.78. The number of halogens is 1. The fourth-order valence-corrected chi connectivity index (χ4v) is 4.00. The van der Waals surface area contributed by atoms with Crippen LogP contribution in [0, 0.1) is 5.82 Å². The molecule has 0 spiro atoms. The van der Waals surface area contributed by atoms with Crippen LogP contribution in [0.15, 0.2) is 36.5 Å². The predicted molar refractivity (Wildman–Crippen MR) is 104 cm³/mol. The minimum absolute atomic E-state index is 0.0234. The first-order chi connectivity index (χ1) is 13.7. The molecule has 1 aliphatic carbocycles.